The van der Waals surface area contributed by atoms with Crippen LogP contribution in [0.1, 0.15) is 79.8 Å². The van der Waals surface area contributed by atoms with E-state index in [4.69, 9.17) is 4.42 Å². The van der Waals surface area contributed by atoms with Crippen LogP contribution in [-0.4, -0.2) is 46.2 Å². The number of halogens is 3. The topological polar surface area (TPSA) is 123 Å². The van der Waals surface area contributed by atoms with Gasteiger partial charge in [-0.05, 0) is 49.2 Å². The fourth-order valence-corrected chi connectivity index (χ4v) is 4.10. The predicted octanol–water partition coefficient (Wildman–Crippen LogP) is 5.87. The van der Waals surface area contributed by atoms with Crippen LogP contribution in [0.15, 0.2) is 59.0 Å². The second-order valence-corrected chi connectivity index (χ2v) is 9.55. The zero-order valence-corrected chi connectivity index (χ0v) is 22.9. The predicted molar refractivity (Wildman–Crippen MR) is 144 cm³/mol. The number of amides is 2. The number of alkyl halides is 3. The van der Waals surface area contributed by atoms with Crippen molar-refractivity contribution >= 4 is 17.6 Å². The molecule has 1 fully saturated rings. The summed E-state index contributed by atoms with van der Waals surface area (Å²) < 4.78 is 46.4. The number of aromatic nitrogens is 2. The van der Waals surface area contributed by atoms with Gasteiger partial charge in [0.15, 0.2) is 0 Å². The van der Waals surface area contributed by atoms with Crippen LogP contribution >= 0.6 is 0 Å². The van der Waals surface area contributed by atoms with Crippen molar-refractivity contribution in [3.05, 3.63) is 66.1 Å². The molecular weight excluding hydrogens is 541 g/mol. The molecule has 1 saturated carbocycles. The molecule has 0 atom stereocenters. The average Bonchev–Trinajstić information content (AvgIpc) is 3.47. The van der Waals surface area contributed by atoms with Gasteiger partial charge in [-0.2, -0.15) is 0 Å². The van der Waals surface area contributed by atoms with Gasteiger partial charge >= 0.3 is 6.36 Å². The number of nitrogens with one attached hydrogen (secondary N) is 2. The maximum absolute atomic E-state index is 13.2. The van der Waals surface area contributed by atoms with Gasteiger partial charge in [-0.25, -0.2) is 0 Å². The van der Waals surface area contributed by atoms with E-state index in [0.717, 1.165) is 18.6 Å². The number of ether oxygens (including phenoxy) is 1. The third-order valence-corrected chi connectivity index (χ3v) is 6.44. The zero-order chi connectivity index (χ0) is 29.9. The highest BCUT2D eigenvalue weighted by atomic mass is 19.4. The van der Waals surface area contributed by atoms with Crippen LogP contribution in [0, 0.1) is 0 Å². The van der Waals surface area contributed by atoms with Crippen molar-refractivity contribution in [3.8, 4) is 17.2 Å². The molecule has 9 nitrogen and oxygen atoms in total. The normalized spacial score (nSPS) is 14.3. The molecule has 41 heavy (non-hydrogen) atoms. The molecule has 1 heterocycles. The Hall–Kier alpha value is -4.22. The SMILES string of the molecule is CCCC.O=C(NC1(C(=O)NCC(=O)c2nnc(-c3ccccc3)o2)CCCCC1)c1ccc(OC(F)(F)F)cc1. The Morgan fingerprint density at radius 2 is 1.56 bits per heavy atom. The van der Waals surface area contributed by atoms with Gasteiger partial charge in [0.1, 0.15) is 11.3 Å². The van der Waals surface area contributed by atoms with Crippen molar-refractivity contribution in [3.63, 3.8) is 0 Å². The Balaban J connectivity index is 0.00000108. The third-order valence-electron chi connectivity index (χ3n) is 6.44. The van der Waals surface area contributed by atoms with Gasteiger partial charge in [0.05, 0.1) is 6.54 Å². The molecule has 220 valence electrons. The monoisotopic (exact) mass is 574 g/mol. The van der Waals surface area contributed by atoms with Gasteiger partial charge in [-0.15, -0.1) is 23.4 Å². The van der Waals surface area contributed by atoms with Crippen molar-refractivity contribution in [2.24, 2.45) is 0 Å². The molecule has 2 amide bonds. The molecule has 12 heteroatoms. The number of Topliss-reactive ketones (excluding diaryl/α,β-unsaturated/α-hetero) is 1. The molecule has 0 bridgehead atoms. The third kappa shape index (κ3) is 9.16. The molecule has 0 unspecified atom stereocenters. The lowest BCUT2D eigenvalue weighted by molar-refractivity contribution is -0.274. The number of hydrogen-bond donors (Lipinski definition) is 2. The number of ketones is 1. The number of hydrogen-bond acceptors (Lipinski definition) is 7. The van der Waals surface area contributed by atoms with Crippen LogP contribution in [0.25, 0.3) is 11.5 Å². The van der Waals surface area contributed by atoms with E-state index in [1.165, 1.54) is 25.0 Å². The van der Waals surface area contributed by atoms with E-state index in [-0.39, 0.29) is 17.3 Å². The minimum absolute atomic E-state index is 0.0580. The van der Waals surface area contributed by atoms with E-state index >= 15 is 0 Å². The summed E-state index contributed by atoms with van der Waals surface area (Å²) in [7, 11) is 0. The number of nitrogens with zero attached hydrogens (tertiary/aromatic N) is 2. The van der Waals surface area contributed by atoms with Crippen LogP contribution in [0.3, 0.4) is 0 Å². The first-order valence-corrected chi connectivity index (χ1v) is 13.5. The summed E-state index contributed by atoms with van der Waals surface area (Å²) in [4.78, 5) is 38.6. The van der Waals surface area contributed by atoms with Crippen molar-refractivity contribution < 1.29 is 36.7 Å². The largest absolute Gasteiger partial charge is 0.573 e. The van der Waals surface area contributed by atoms with Crippen LogP contribution in [0.4, 0.5) is 13.2 Å². The minimum Gasteiger partial charge on any atom is -0.414 e. The Morgan fingerprint density at radius 3 is 2.15 bits per heavy atom. The molecule has 0 spiro atoms. The second kappa shape index (κ2) is 14.4. The molecule has 0 saturated heterocycles. The second-order valence-electron chi connectivity index (χ2n) is 9.55. The summed E-state index contributed by atoms with van der Waals surface area (Å²) in [6, 6.07) is 13.3. The summed E-state index contributed by atoms with van der Waals surface area (Å²) >= 11 is 0. The van der Waals surface area contributed by atoms with Gasteiger partial charge in [-0.3, -0.25) is 14.4 Å². The molecule has 1 aliphatic carbocycles. The first-order valence-electron chi connectivity index (χ1n) is 13.5. The maximum atomic E-state index is 13.2. The van der Waals surface area contributed by atoms with Gasteiger partial charge in [-0.1, -0.05) is 64.2 Å². The highest BCUT2D eigenvalue weighted by Crippen LogP contribution is 2.29. The molecule has 4 rings (SSSR count). The molecule has 1 aliphatic rings. The van der Waals surface area contributed by atoms with Gasteiger partial charge in [0.25, 0.3) is 11.8 Å². The molecule has 2 aromatic carbocycles. The van der Waals surface area contributed by atoms with E-state index in [0.29, 0.717) is 31.2 Å². The van der Waals surface area contributed by atoms with E-state index < -0.39 is 41.8 Å². The van der Waals surface area contributed by atoms with Crippen LogP contribution in [-0.2, 0) is 4.79 Å². The van der Waals surface area contributed by atoms with Crippen molar-refractivity contribution in [1.29, 1.82) is 0 Å². The smallest absolute Gasteiger partial charge is 0.414 e. The lowest BCUT2D eigenvalue weighted by Gasteiger charge is -2.36. The minimum atomic E-state index is -4.85. The number of carbonyl (C=O) groups excluding carboxylic acids is 3. The first kappa shape index (κ1) is 31.3. The van der Waals surface area contributed by atoms with Crippen LogP contribution < -0.4 is 15.4 Å². The highest BCUT2D eigenvalue weighted by Gasteiger charge is 2.41. The van der Waals surface area contributed by atoms with Crippen molar-refractivity contribution in [2.75, 3.05) is 6.54 Å². The maximum Gasteiger partial charge on any atom is 0.573 e. The Morgan fingerprint density at radius 1 is 0.927 bits per heavy atom. The van der Waals surface area contributed by atoms with E-state index in [2.05, 4.69) is 39.4 Å². The number of carbonyl (C=O) groups is 3. The molecular formula is C29H33F3N4O5. The molecule has 0 radical (unpaired) electrons. The summed E-state index contributed by atoms with van der Waals surface area (Å²) in [5.74, 6) is -2.34. The standard InChI is InChI=1S/C25H23F3N4O5.C4H10/c26-25(27,28)37-18-11-9-16(10-12-18)20(34)30-24(13-5-2-6-14-24)23(35)29-15-19(33)22-32-31-21(36-22)17-7-3-1-4-8-17;1-3-4-2/h1,3-4,7-12H,2,5-6,13-15H2,(H,29,35)(H,30,34);3-4H2,1-2H3. The quantitative estimate of drug-likeness (QED) is 0.306. The van der Waals surface area contributed by atoms with Gasteiger partial charge in [0, 0.05) is 11.1 Å². The van der Waals surface area contributed by atoms with Crippen LogP contribution in [0.2, 0.25) is 0 Å². The zero-order valence-electron chi connectivity index (χ0n) is 22.9. The summed E-state index contributed by atoms with van der Waals surface area (Å²) in [5, 5.41) is 12.9. The van der Waals surface area contributed by atoms with Crippen LogP contribution in [0.5, 0.6) is 5.75 Å². The Bertz CT molecular complexity index is 1290. The number of unbranched alkanes of at least 4 members (excludes halogenated alkanes) is 1. The number of benzene rings is 2. The van der Waals surface area contributed by atoms with Crippen molar-refractivity contribution in [2.45, 2.75) is 70.7 Å². The summed E-state index contributed by atoms with van der Waals surface area (Å²) in [6.07, 6.45) is 0.682. The number of rotatable bonds is 9. The fourth-order valence-electron chi connectivity index (χ4n) is 4.10. The molecule has 1 aromatic heterocycles. The molecule has 2 N–H and O–H groups in total. The Labute approximate surface area is 235 Å². The molecule has 3 aromatic rings. The summed E-state index contributed by atoms with van der Waals surface area (Å²) in [6.45, 7) is 3.94. The average molecular weight is 575 g/mol. The lowest BCUT2D eigenvalue weighted by Crippen LogP contribution is -2.60. The van der Waals surface area contributed by atoms with Crippen molar-refractivity contribution in [1.82, 2.24) is 20.8 Å². The fraction of sp³-hybridized carbons (Fsp3) is 0.414. The van der Waals surface area contributed by atoms with Gasteiger partial charge < -0.3 is 19.8 Å². The van der Waals surface area contributed by atoms with Gasteiger partial charge in [0.2, 0.25) is 17.6 Å². The lowest BCUT2D eigenvalue weighted by atomic mass is 9.80. The Kier molecular flexibility index (Phi) is 11.0. The van der Waals surface area contributed by atoms with E-state index in [9.17, 15) is 27.6 Å². The van der Waals surface area contributed by atoms with E-state index in [1.54, 1.807) is 24.3 Å². The van der Waals surface area contributed by atoms with E-state index in [1.807, 2.05) is 6.07 Å². The highest BCUT2D eigenvalue weighted by molar-refractivity contribution is 6.01. The molecule has 0 aliphatic heterocycles. The first-order chi connectivity index (χ1) is 19.6. The summed E-state index contributed by atoms with van der Waals surface area (Å²) in [5.41, 5.74) is -0.580.